The van der Waals surface area contributed by atoms with E-state index < -0.39 is 22.0 Å². The molecule has 0 bridgehead atoms. The summed E-state index contributed by atoms with van der Waals surface area (Å²) in [5.74, 6) is -1.35. The molecular formula is C13H17NO4S. The van der Waals surface area contributed by atoms with E-state index in [0.717, 1.165) is 5.56 Å². The first-order valence-corrected chi connectivity index (χ1v) is 7.47. The third-order valence-electron chi connectivity index (χ3n) is 2.49. The molecule has 6 heteroatoms. The number of carboxylic acid groups (broad SMARTS) is 1. The summed E-state index contributed by atoms with van der Waals surface area (Å²) in [4.78, 5) is 11.1. The summed E-state index contributed by atoms with van der Waals surface area (Å²) in [7, 11) is -3.61. The van der Waals surface area contributed by atoms with Crippen LogP contribution < -0.4 is 4.72 Å². The van der Waals surface area contributed by atoms with Gasteiger partial charge in [0, 0.05) is 0 Å². The average molecular weight is 283 g/mol. The Hall–Kier alpha value is -1.66. The first kappa shape index (κ1) is 15.4. The number of hydrogen-bond acceptors (Lipinski definition) is 3. The fraction of sp³-hybridized carbons (Fsp3) is 0.308. The van der Waals surface area contributed by atoms with Gasteiger partial charge in [0.15, 0.2) is 0 Å². The van der Waals surface area contributed by atoms with Crippen molar-refractivity contribution >= 4 is 16.0 Å². The van der Waals surface area contributed by atoms with Gasteiger partial charge >= 0.3 is 5.97 Å². The van der Waals surface area contributed by atoms with Gasteiger partial charge in [0.05, 0.1) is 5.75 Å². The molecule has 0 aliphatic rings. The molecule has 0 amide bonds. The number of nitrogens with one attached hydrogen (secondary N) is 1. The van der Waals surface area contributed by atoms with E-state index in [1.165, 1.54) is 6.08 Å². The molecule has 0 radical (unpaired) electrons. The standard InChI is InChI=1S/C13H17NO4S/c1-2-3-9-19(17,18)14-12(13(15)16)10-11-7-5-4-6-8-11/h2,4-8,12,14H,1,3,9-10H2,(H,15,16)/t12-/m1/s1. The molecule has 0 aliphatic heterocycles. The smallest absolute Gasteiger partial charge is 0.322 e. The summed E-state index contributed by atoms with van der Waals surface area (Å²) < 4.78 is 25.5. The van der Waals surface area contributed by atoms with E-state index in [2.05, 4.69) is 11.3 Å². The van der Waals surface area contributed by atoms with Gasteiger partial charge in [-0.05, 0) is 18.4 Å². The van der Waals surface area contributed by atoms with E-state index >= 15 is 0 Å². The number of benzene rings is 1. The first-order chi connectivity index (χ1) is 8.94. The van der Waals surface area contributed by atoms with E-state index in [-0.39, 0.29) is 18.6 Å². The summed E-state index contributed by atoms with van der Waals surface area (Å²) >= 11 is 0. The molecule has 1 aromatic carbocycles. The van der Waals surface area contributed by atoms with Gasteiger partial charge in [-0.1, -0.05) is 36.4 Å². The molecule has 0 spiro atoms. The molecule has 0 aliphatic carbocycles. The second-order valence-corrected chi connectivity index (χ2v) is 5.97. The van der Waals surface area contributed by atoms with Crippen molar-refractivity contribution in [3.63, 3.8) is 0 Å². The molecule has 0 aromatic heterocycles. The van der Waals surface area contributed by atoms with Crippen LogP contribution in [0.3, 0.4) is 0 Å². The van der Waals surface area contributed by atoms with Crippen LogP contribution in [0, 0.1) is 0 Å². The predicted octanol–water partition coefficient (Wildman–Crippen LogP) is 1.18. The number of carboxylic acids is 1. The predicted molar refractivity (Wildman–Crippen MR) is 73.3 cm³/mol. The Balaban J connectivity index is 2.74. The molecule has 0 unspecified atom stereocenters. The lowest BCUT2D eigenvalue weighted by Gasteiger charge is -2.14. The van der Waals surface area contributed by atoms with Gasteiger partial charge in [-0.2, -0.15) is 0 Å². The summed E-state index contributed by atoms with van der Waals surface area (Å²) in [6.07, 6.45) is 1.88. The first-order valence-electron chi connectivity index (χ1n) is 5.82. The van der Waals surface area contributed by atoms with Gasteiger partial charge in [0.1, 0.15) is 6.04 Å². The van der Waals surface area contributed by atoms with E-state index in [4.69, 9.17) is 5.11 Å². The van der Waals surface area contributed by atoms with Crippen LogP contribution in [0.25, 0.3) is 0 Å². The summed E-state index contributed by atoms with van der Waals surface area (Å²) in [5, 5.41) is 9.08. The fourth-order valence-electron chi connectivity index (χ4n) is 1.54. The van der Waals surface area contributed by atoms with Gasteiger partial charge in [0.2, 0.25) is 10.0 Å². The maximum atomic E-state index is 11.7. The molecule has 5 nitrogen and oxygen atoms in total. The second kappa shape index (κ2) is 7.06. The van der Waals surface area contributed by atoms with Crippen LogP contribution in [0.5, 0.6) is 0 Å². The van der Waals surface area contributed by atoms with Gasteiger partial charge in [0.25, 0.3) is 0 Å². The quantitative estimate of drug-likeness (QED) is 0.702. The van der Waals surface area contributed by atoms with E-state index in [9.17, 15) is 13.2 Å². The number of hydrogen-bond donors (Lipinski definition) is 2. The lowest BCUT2D eigenvalue weighted by Crippen LogP contribution is -2.43. The highest BCUT2D eigenvalue weighted by molar-refractivity contribution is 7.89. The molecule has 0 saturated heterocycles. The van der Waals surface area contributed by atoms with E-state index in [1.54, 1.807) is 24.3 Å². The Morgan fingerprint density at radius 2 is 2.00 bits per heavy atom. The lowest BCUT2D eigenvalue weighted by molar-refractivity contribution is -0.138. The number of allylic oxidation sites excluding steroid dienone is 1. The van der Waals surface area contributed by atoms with Crippen LogP contribution in [0.1, 0.15) is 12.0 Å². The molecule has 1 aromatic rings. The summed E-state index contributed by atoms with van der Waals surface area (Å²) in [5.41, 5.74) is 0.765. The maximum absolute atomic E-state index is 11.7. The third-order valence-corrected chi connectivity index (χ3v) is 3.91. The van der Waals surface area contributed by atoms with Crippen LogP contribution >= 0.6 is 0 Å². The molecule has 1 rings (SSSR count). The van der Waals surface area contributed by atoms with Gasteiger partial charge in [-0.3, -0.25) is 4.79 Å². The van der Waals surface area contributed by atoms with Crippen molar-refractivity contribution < 1.29 is 18.3 Å². The minimum atomic E-state index is -3.61. The van der Waals surface area contributed by atoms with E-state index in [0.29, 0.717) is 0 Å². The van der Waals surface area contributed by atoms with Gasteiger partial charge in [-0.15, -0.1) is 6.58 Å². The van der Waals surface area contributed by atoms with Crippen molar-refractivity contribution in [1.29, 1.82) is 0 Å². The molecule has 0 saturated carbocycles. The Morgan fingerprint density at radius 3 is 2.53 bits per heavy atom. The Kier molecular flexibility index (Phi) is 5.72. The van der Waals surface area contributed by atoms with Crippen molar-refractivity contribution in [2.75, 3.05) is 5.75 Å². The zero-order valence-electron chi connectivity index (χ0n) is 10.5. The second-order valence-electron chi connectivity index (χ2n) is 4.09. The largest absolute Gasteiger partial charge is 0.480 e. The molecule has 2 N–H and O–H groups in total. The Bertz CT molecular complexity index is 525. The number of aliphatic carboxylic acids is 1. The summed E-state index contributed by atoms with van der Waals surface area (Å²) in [6.45, 7) is 3.44. The maximum Gasteiger partial charge on any atom is 0.322 e. The van der Waals surface area contributed by atoms with Crippen LogP contribution in [0.2, 0.25) is 0 Å². The molecule has 19 heavy (non-hydrogen) atoms. The third kappa shape index (κ3) is 5.67. The van der Waals surface area contributed by atoms with Crippen molar-refractivity contribution in [2.45, 2.75) is 18.9 Å². The SMILES string of the molecule is C=CCCS(=O)(=O)N[C@H](Cc1ccccc1)C(=O)O. The van der Waals surface area contributed by atoms with Crippen LogP contribution in [-0.2, 0) is 21.2 Å². The van der Waals surface area contributed by atoms with Crippen molar-refractivity contribution in [3.8, 4) is 0 Å². The minimum absolute atomic E-state index is 0.115. The molecule has 104 valence electrons. The molecule has 0 fully saturated rings. The monoisotopic (exact) mass is 283 g/mol. The number of sulfonamides is 1. The fourth-order valence-corrected chi connectivity index (χ4v) is 2.76. The van der Waals surface area contributed by atoms with Crippen LogP contribution in [0.4, 0.5) is 0 Å². The number of carbonyl (C=O) groups is 1. The van der Waals surface area contributed by atoms with Crippen molar-refractivity contribution in [2.24, 2.45) is 0 Å². The summed E-state index contributed by atoms with van der Waals surface area (Å²) in [6, 6.07) is 7.73. The van der Waals surface area contributed by atoms with Crippen molar-refractivity contribution in [3.05, 3.63) is 48.6 Å². The Labute approximate surface area is 113 Å². The molecule has 1 atom stereocenters. The lowest BCUT2D eigenvalue weighted by atomic mass is 10.1. The highest BCUT2D eigenvalue weighted by Crippen LogP contribution is 2.05. The number of rotatable bonds is 8. The zero-order valence-corrected chi connectivity index (χ0v) is 11.3. The van der Waals surface area contributed by atoms with E-state index in [1.807, 2.05) is 6.07 Å². The molecule has 0 heterocycles. The van der Waals surface area contributed by atoms with Gasteiger partial charge < -0.3 is 5.11 Å². The van der Waals surface area contributed by atoms with Crippen molar-refractivity contribution in [1.82, 2.24) is 4.72 Å². The Morgan fingerprint density at radius 1 is 1.37 bits per heavy atom. The zero-order chi connectivity index (χ0) is 14.3. The highest BCUT2D eigenvalue weighted by Gasteiger charge is 2.23. The minimum Gasteiger partial charge on any atom is -0.480 e. The topological polar surface area (TPSA) is 83.5 Å². The average Bonchev–Trinajstić information content (AvgIpc) is 2.36. The van der Waals surface area contributed by atoms with Gasteiger partial charge in [-0.25, -0.2) is 13.1 Å². The highest BCUT2D eigenvalue weighted by atomic mass is 32.2. The normalized spacial score (nSPS) is 12.8. The van der Waals surface area contributed by atoms with Crippen LogP contribution in [0.15, 0.2) is 43.0 Å². The van der Waals surface area contributed by atoms with Crippen LogP contribution in [-0.4, -0.2) is 31.3 Å². The molecular weight excluding hydrogens is 266 g/mol.